The number of amides is 1. The lowest BCUT2D eigenvalue weighted by atomic mass is 10.1. The van der Waals surface area contributed by atoms with Crippen LogP contribution in [0.3, 0.4) is 0 Å². The zero-order valence-corrected chi connectivity index (χ0v) is 13.2. The van der Waals surface area contributed by atoms with E-state index in [1.54, 1.807) is 6.07 Å². The van der Waals surface area contributed by atoms with Gasteiger partial charge in [-0.3, -0.25) is 9.89 Å². The molecular formula is C18H17N3O3. The van der Waals surface area contributed by atoms with Crippen molar-refractivity contribution in [2.24, 2.45) is 0 Å². The first-order valence-corrected chi connectivity index (χ1v) is 7.55. The van der Waals surface area contributed by atoms with Crippen molar-refractivity contribution in [2.75, 3.05) is 7.11 Å². The van der Waals surface area contributed by atoms with Crippen LogP contribution in [0.15, 0.2) is 54.6 Å². The average molecular weight is 323 g/mol. The van der Waals surface area contributed by atoms with Crippen molar-refractivity contribution < 1.29 is 14.3 Å². The Bertz CT molecular complexity index is 858. The SMILES string of the molecule is COC(=O)[C@@H](Cc1ccccc1)NC(=O)c1n[nH]c2ccccc12. The topological polar surface area (TPSA) is 84.1 Å². The summed E-state index contributed by atoms with van der Waals surface area (Å²) in [4.78, 5) is 24.6. The summed E-state index contributed by atoms with van der Waals surface area (Å²) < 4.78 is 4.81. The van der Waals surface area contributed by atoms with Gasteiger partial charge in [0, 0.05) is 11.8 Å². The first-order valence-electron chi connectivity index (χ1n) is 7.55. The van der Waals surface area contributed by atoms with Crippen molar-refractivity contribution in [1.29, 1.82) is 0 Å². The van der Waals surface area contributed by atoms with Crippen LogP contribution >= 0.6 is 0 Å². The summed E-state index contributed by atoms with van der Waals surface area (Å²) in [6.45, 7) is 0. The summed E-state index contributed by atoms with van der Waals surface area (Å²) in [6.07, 6.45) is 0.349. The fourth-order valence-electron chi connectivity index (χ4n) is 2.55. The number of hydrogen-bond donors (Lipinski definition) is 2. The molecule has 3 rings (SSSR count). The van der Waals surface area contributed by atoms with E-state index in [0.29, 0.717) is 11.8 Å². The van der Waals surface area contributed by atoms with E-state index in [4.69, 9.17) is 4.74 Å². The van der Waals surface area contributed by atoms with E-state index in [1.807, 2.05) is 48.5 Å². The van der Waals surface area contributed by atoms with Crippen molar-refractivity contribution in [3.8, 4) is 0 Å². The highest BCUT2D eigenvalue weighted by atomic mass is 16.5. The molecule has 2 aromatic carbocycles. The minimum absolute atomic E-state index is 0.257. The molecule has 3 aromatic rings. The lowest BCUT2D eigenvalue weighted by Crippen LogP contribution is -2.43. The summed E-state index contributed by atoms with van der Waals surface area (Å²) in [7, 11) is 1.30. The number of aromatic nitrogens is 2. The maximum atomic E-state index is 12.5. The molecule has 1 aromatic heterocycles. The summed E-state index contributed by atoms with van der Waals surface area (Å²) in [5, 5.41) is 10.3. The molecular weight excluding hydrogens is 306 g/mol. The minimum Gasteiger partial charge on any atom is -0.467 e. The third-order valence-corrected chi connectivity index (χ3v) is 3.76. The van der Waals surface area contributed by atoms with Gasteiger partial charge in [0.15, 0.2) is 5.69 Å². The highest BCUT2D eigenvalue weighted by Crippen LogP contribution is 2.15. The van der Waals surface area contributed by atoms with Crippen molar-refractivity contribution in [1.82, 2.24) is 15.5 Å². The molecule has 0 spiro atoms. The second kappa shape index (κ2) is 6.95. The van der Waals surface area contributed by atoms with Crippen molar-refractivity contribution in [2.45, 2.75) is 12.5 Å². The van der Waals surface area contributed by atoms with E-state index in [9.17, 15) is 9.59 Å². The van der Waals surface area contributed by atoms with Gasteiger partial charge in [-0.25, -0.2) is 4.79 Å². The van der Waals surface area contributed by atoms with Crippen molar-refractivity contribution in [3.05, 3.63) is 65.9 Å². The van der Waals surface area contributed by atoms with Crippen LogP contribution in [0.25, 0.3) is 10.9 Å². The lowest BCUT2D eigenvalue weighted by molar-refractivity contribution is -0.142. The molecule has 1 heterocycles. The number of ether oxygens (including phenoxy) is 1. The van der Waals surface area contributed by atoms with E-state index < -0.39 is 17.9 Å². The summed E-state index contributed by atoms with van der Waals surface area (Å²) in [6, 6.07) is 16.0. The van der Waals surface area contributed by atoms with Crippen LogP contribution in [0, 0.1) is 0 Å². The highest BCUT2D eigenvalue weighted by Gasteiger charge is 2.24. The third kappa shape index (κ3) is 3.27. The molecule has 122 valence electrons. The average Bonchev–Trinajstić information content (AvgIpc) is 3.05. The van der Waals surface area contributed by atoms with Gasteiger partial charge in [-0.2, -0.15) is 5.10 Å². The number of rotatable bonds is 5. The Balaban J connectivity index is 1.81. The van der Waals surface area contributed by atoms with Crippen LogP contribution in [-0.4, -0.2) is 35.2 Å². The lowest BCUT2D eigenvalue weighted by Gasteiger charge is -2.16. The Morgan fingerprint density at radius 2 is 1.83 bits per heavy atom. The highest BCUT2D eigenvalue weighted by molar-refractivity contribution is 6.05. The number of H-pyrrole nitrogens is 1. The smallest absolute Gasteiger partial charge is 0.328 e. The molecule has 0 aliphatic carbocycles. The number of carbonyl (C=O) groups excluding carboxylic acids is 2. The second-order valence-electron chi connectivity index (χ2n) is 5.36. The zero-order chi connectivity index (χ0) is 16.9. The standard InChI is InChI=1S/C18H17N3O3/c1-24-18(23)15(11-12-7-3-2-4-8-12)19-17(22)16-13-9-5-6-10-14(13)20-21-16/h2-10,15H,11H2,1H3,(H,19,22)(H,20,21)/t15-/m1/s1. The molecule has 0 bridgehead atoms. The number of nitrogens with zero attached hydrogens (tertiary/aromatic N) is 1. The van der Waals surface area contributed by atoms with E-state index in [0.717, 1.165) is 11.1 Å². The maximum Gasteiger partial charge on any atom is 0.328 e. The monoisotopic (exact) mass is 323 g/mol. The minimum atomic E-state index is -0.777. The fourth-order valence-corrected chi connectivity index (χ4v) is 2.55. The van der Waals surface area contributed by atoms with Gasteiger partial charge in [-0.05, 0) is 11.6 Å². The van der Waals surface area contributed by atoms with Gasteiger partial charge in [0.1, 0.15) is 6.04 Å². The Kier molecular flexibility index (Phi) is 4.56. The number of fused-ring (bicyclic) bond motifs is 1. The van der Waals surface area contributed by atoms with E-state index in [1.165, 1.54) is 7.11 Å². The summed E-state index contributed by atoms with van der Waals surface area (Å²) in [5.41, 5.74) is 1.95. The number of hydrogen-bond acceptors (Lipinski definition) is 4. The van der Waals surface area contributed by atoms with Gasteiger partial charge >= 0.3 is 5.97 Å². The maximum absolute atomic E-state index is 12.5. The number of para-hydroxylation sites is 1. The van der Waals surface area contributed by atoms with Crippen molar-refractivity contribution in [3.63, 3.8) is 0 Å². The third-order valence-electron chi connectivity index (χ3n) is 3.76. The number of carbonyl (C=O) groups is 2. The Morgan fingerprint density at radius 3 is 2.58 bits per heavy atom. The van der Waals surface area contributed by atoms with E-state index in [2.05, 4.69) is 15.5 Å². The quantitative estimate of drug-likeness (QED) is 0.704. The van der Waals surface area contributed by atoms with E-state index in [-0.39, 0.29) is 5.69 Å². The fraction of sp³-hybridized carbons (Fsp3) is 0.167. The van der Waals surface area contributed by atoms with Gasteiger partial charge in [0.2, 0.25) is 0 Å². The van der Waals surface area contributed by atoms with Crippen LogP contribution < -0.4 is 5.32 Å². The van der Waals surface area contributed by atoms with Gasteiger partial charge in [-0.1, -0.05) is 48.5 Å². The van der Waals surface area contributed by atoms with Gasteiger partial charge in [0.05, 0.1) is 12.6 Å². The zero-order valence-electron chi connectivity index (χ0n) is 13.2. The Morgan fingerprint density at radius 1 is 1.12 bits per heavy atom. The molecule has 0 aliphatic heterocycles. The van der Waals surface area contributed by atoms with Gasteiger partial charge < -0.3 is 10.1 Å². The molecule has 1 amide bonds. The molecule has 0 saturated carbocycles. The molecule has 2 N–H and O–H groups in total. The normalized spacial score (nSPS) is 11.9. The first-order chi connectivity index (χ1) is 11.7. The molecule has 1 atom stereocenters. The van der Waals surface area contributed by atoms with Gasteiger partial charge in [0.25, 0.3) is 5.91 Å². The van der Waals surface area contributed by atoms with E-state index >= 15 is 0 Å². The molecule has 0 saturated heterocycles. The molecule has 0 unspecified atom stereocenters. The largest absolute Gasteiger partial charge is 0.467 e. The van der Waals surface area contributed by atoms with Crippen molar-refractivity contribution >= 4 is 22.8 Å². The molecule has 0 fully saturated rings. The number of esters is 1. The number of aromatic amines is 1. The number of benzene rings is 2. The van der Waals surface area contributed by atoms with Crippen LogP contribution in [0.2, 0.25) is 0 Å². The number of nitrogens with one attached hydrogen (secondary N) is 2. The second-order valence-corrected chi connectivity index (χ2v) is 5.36. The Hall–Kier alpha value is -3.15. The molecule has 24 heavy (non-hydrogen) atoms. The Labute approximate surface area is 138 Å². The van der Waals surface area contributed by atoms with Crippen LogP contribution in [0.4, 0.5) is 0 Å². The van der Waals surface area contributed by atoms with Gasteiger partial charge in [-0.15, -0.1) is 0 Å². The summed E-state index contributed by atoms with van der Waals surface area (Å²) in [5.74, 6) is -0.911. The van der Waals surface area contributed by atoms with Crippen LogP contribution in [-0.2, 0) is 16.0 Å². The predicted molar refractivity (Wildman–Crippen MR) is 89.5 cm³/mol. The molecule has 0 aliphatic rings. The number of methoxy groups -OCH3 is 1. The van der Waals surface area contributed by atoms with Crippen LogP contribution in [0.1, 0.15) is 16.1 Å². The molecule has 6 heteroatoms. The summed E-state index contributed by atoms with van der Waals surface area (Å²) >= 11 is 0. The molecule has 6 nitrogen and oxygen atoms in total. The predicted octanol–water partition coefficient (Wildman–Crippen LogP) is 2.08. The van der Waals surface area contributed by atoms with Crippen LogP contribution in [0.5, 0.6) is 0 Å². The molecule has 0 radical (unpaired) electrons. The first kappa shape index (κ1) is 15.7.